The van der Waals surface area contributed by atoms with Gasteiger partial charge in [0.25, 0.3) is 0 Å². The summed E-state index contributed by atoms with van der Waals surface area (Å²) in [7, 11) is 3.07. The Morgan fingerprint density at radius 2 is 1.58 bits per heavy atom. The summed E-state index contributed by atoms with van der Waals surface area (Å²) in [5, 5.41) is 8.63. The van der Waals surface area contributed by atoms with Crippen LogP contribution in [0.15, 0.2) is 48.6 Å². The zero-order valence-electron chi connectivity index (χ0n) is 18.1. The predicted octanol–water partition coefficient (Wildman–Crippen LogP) is 5.43. The lowest BCUT2D eigenvalue weighted by Gasteiger charge is -2.11. The van der Waals surface area contributed by atoms with Crippen LogP contribution in [0.5, 0.6) is 23.0 Å². The van der Waals surface area contributed by atoms with Crippen molar-refractivity contribution in [3.63, 3.8) is 0 Å². The van der Waals surface area contributed by atoms with Crippen LogP contribution >= 0.6 is 0 Å². The quantitative estimate of drug-likeness (QED) is 0.158. The molecule has 0 radical (unpaired) electrons. The van der Waals surface area contributed by atoms with Gasteiger partial charge < -0.3 is 18.9 Å². The van der Waals surface area contributed by atoms with E-state index in [1.807, 2.05) is 18.2 Å². The number of allylic oxidation sites excluding steroid dienone is 1. The fourth-order valence-corrected chi connectivity index (χ4v) is 2.75. The summed E-state index contributed by atoms with van der Waals surface area (Å²) < 4.78 is 21.8. The molecule has 0 N–H and O–H groups in total. The maximum absolute atomic E-state index is 12.3. The Labute approximate surface area is 183 Å². The second-order valence-electron chi connectivity index (χ2n) is 6.59. The van der Waals surface area contributed by atoms with Gasteiger partial charge in [-0.15, -0.1) is 0 Å². The average molecular weight is 421 g/mol. The van der Waals surface area contributed by atoms with Crippen molar-refractivity contribution in [2.24, 2.45) is 0 Å². The van der Waals surface area contributed by atoms with Crippen molar-refractivity contribution < 1.29 is 23.7 Å². The number of hydrogen-bond donors (Lipinski definition) is 0. The van der Waals surface area contributed by atoms with Gasteiger partial charge in [0.1, 0.15) is 0 Å². The maximum Gasteiger partial charge on any atom is 0.336 e. The van der Waals surface area contributed by atoms with Gasteiger partial charge in [-0.1, -0.05) is 31.9 Å². The number of benzene rings is 2. The van der Waals surface area contributed by atoms with Gasteiger partial charge in [-0.05, 0) is 54.0 Å². The molecule has 31 heavy (non-hydrogen) atoms. The van der Waals surface area contributed by atoms with Gasteiger partial charge in [0.15, 0.2) is 23.0 Å². The standard InChI is InChI=1S/C25H27NO5/c1-4-5-6-16-30-21-12-9-20(18-23(21)28-2)11-14-25(27)31-22-13-10-19(8-7-15-26)17-24(22)29-3/h7-14,17-18H,4-6,16H2,1-3H3/b8-7-,14-11+. The van der Waals surface area contributed by atoms with E-state index in [0.29, 0.717) is 29.6 Å². The van der Waals surface area contributed by atoms with Crippen LogP contribution in [0, 0.1) is 11.3 Å². The molecule has 0 atom stereocenters. The number of carbonyl (C=O) groups excluding carboxylic acids is 1. The molecule has 0 aliphatic heterocycles. The SMILES string of the molecule is CCCCCOc1ccc(/C=C/C(=O)Oc2ccc(/C=C\C#N)cc2OC)cc1OC. The molecule has 6 heteroatoms. The highest BCUT2D eigenvalue weighted by Gasteiger charge is 2.09. The summed E-state index contributed by atoms with van der Waals surface area (Å²) >= 11 is 0. The Kier molecular flexibility index (Phi) is 9.70. The van der Waals surface area contributed by atoms with Crippen molar-refractivity contribution in [1.29, 1.82) is 5.26 Å². The Hall–Kier alpha value is -3.72. The summed E-state index contributed by atoms with van der Waals surface area (Å²) in [4.78, 5) is 12.3. The second kappa shape index (κ2) is 12.8. The smallest absolute Gasteiger partial charge is 0.336 e. The van der Waals surface area contributed by atoms with E-state index < -0.39 is 5.97 Å². The summed E-state index contributed by atoms with van der Waals surface area (Å²) in [6, 6.07) is 12.4. The molecular formula is C25H27NO5. The summed E-state index contributed by atoms with van der Waals surface area (Å²) in [6.07, 6.45) is 9.22. The zero-order valence-corrected chi connectivity index (χ0v) is 18.1. The van der Waals surface area contributed by atoms with E-state index >= 15 is 0 Å². The highest BCUT2D eigenvalue weighted by molar-refractivity contribution is 5.89. The second-order valence-corrected chi connectivity index (χ2v) is 6.59. The van der Waals surface area contributed by atoms with E-state index in [1.54, 1.807) is 43.5 Å². The van der Waals surface area contributed by atoms with Crippen molar-refractivity contribution in [2.75, 3.05) is 20.8 Å². The van der Waals surface area contributed by atoms with Crippen molar-refractivity contribution in [2.45, 2.75) is 26.2 Å². The van der Waals surface area contributed by atoms with Crippen LogP contribution in [0.4, 0.5) is 0 Å². The van der Waals surface area contributed by atoms with Gasteiger partial charge in [-0.2, -0.15) is 5.26 Å². The van der Waals surface area contributed by atoms with Gasteiger partial charge >= 0.3 is 5.97 Å². The third-order valence-corrected chi connectivity index (χ3v) is 4.35. The van der Waals surface area contributed by atoms with E-state index in [4.69, 9.17) is 24.2 Å². The van der Waals surface area contributed by atoms with Crippen molar-refractivity contribution in [1.82, 2.24) is 0 Å². The van der Waals surface area contributed by atoms with E-state index in [1.165, 1.54) is 19.3 Å². The highest BCUT2D eigenvalue weighted by Crippen LogP contribution is 2.30. The van der Waals surface area contributed by atoms with Crippen LogP contribution < -0.4 is 18.9 Å². The van der Waals surface area contributed by atoms with Crippen LogP contribution in [-0.2, 0) is 4.79 Å². The van der Waals surface area contributed by atoms with Crippen LogP contribution in [0.1, 0.15) is 37.3 Å². The molecule has 0 aliphatic carbocycles. The summed E-state index contributed by atoms with van der Waals surface area (Å²) in [5.41, 5.74) is 1.54. The minimum Gasteiger partial charge on any atom is -0.493 e. The molecule has 0 saturated heterocycles. The number of rotatable bonds is 11. The minimum atomic E-state index is -0.544. The third kappa shape index (κ3) is 7.56. The monoisotopic (exact) mass is 421 g/mol. The molecule has 2 aromatic rings. The molecule has 0 amide bonds. The lowest BCUT2D eigenvalue weighted by Crippen LogP contribution is -2.05. The molecule has 0 aromatic heterocycles. The van der Waals surface area contributed by atoms with Crippen LogP contribution in [0.3, 0.4) is 0 Å². The predicted molar refractivity (Wildman–Crippen MR) is 120 cm³/mol. The molecule has 0 fully saturated rings. The van der Waals surface area contributed by atoms with Gasteiger partial charge in [-0.3, -0.25) is 0 Å². The minimum absolute atomic E-state index is 0.291. The van der Waals surface area contributed by atoms with Gasteiger partial charge in [0.05, 0.1) is 26.9 Å². The molecule has 2 aromatic carbocycles. The van der Waals surface area contributed by atoms with Crippen LogP contribution in [0.25, 0.3) is 12.2 Å². The van der Waals surface area contributed by atoms with Crippen LogP contribution in [0.2, 0.25) is 0 Å². The van der Waals surface area contributed by atoms with Crippen molar-refractivity contribution >= 4 is 18.1 Å². The Bertz CT molecular complexity index is 972. The summed E-state index contributed by atoms with van der Waals surface area (Å²) in [5.74, 6) is 1.42. The first kappa shape index (κ1) is 23.6. The number of hydrogen-bond acceptors (Lipinski definition) is 6. The number of ether oxygens (including phenoxy) is 4. The van der Waals surface area contributed by atoms with Gasteiger partial charge in [0.2, 0.25) is 0 Å². The molecular weight excluding hydrogens is 394 g/mol. The van der Waals surface area contributed by atoms with E-state index in [2.05, 4.69) is 6.92 Å². The number of nitrogens with zero attached hydrogens (tertiary/aromatic N) is 1. The topological polar surface area (TPSA) is 77.8 Å². The highest BCUT2D eigenvalue weighted by atomic mass is 16.6. The Morgan fingerprint density at radius 1 is 0.935 bits per heavy atom. The van der Waals surface area contributed by atoms with Crippen LogP contribution in [-0.4, -0.2) is 26.8 Å². The Balaban J connectivity index is 2.04. The fraction of sp³-hybridized carbons (Fsp3) is 0.280. The zero-order chi connectivity index (χ0) is 22.5. The normalized spacial score (nSPS) is 10.8. The fourth-order valence-electron chi connectivity index (χ4n) is 2.75. The first-order valence-corrected chi connectivity index (χ1v) is 10.1. The molecule has 0 saturated carbocycles. The van der Waals surface area contributed by atoms with E-state index in [9.17, 15) is 4.79 Å². The third-order valence-electron chi connectivity index (χ3n) is 4.35. The Morgan fingerprint density at radius 3 is 2.23 bits per heavy atom. The lowest BCUT2D eigenvalue weighted by atomic mass is 10.2. The molecule has 2 rings (SSSR count). The first-order chi connectivity index (χ1) is 15.1. The lowest BCUT2D eigenvalue weighted by molar-refractivity contribution is -0.129. The largest absolute Gasteiger partial charge is 0.493 e. The molecule has 6 nitrogen and oxygen atoms in total. The van der Waals surface area contributed by atoms with Crippen molar-refractivity contribution in [3.8, 4) is 29.1 Å². The maximum atomic E-state index is 12.3. The average Bonchev–Trinajstić information content (AvgIpc) is 2.80. The molecule has 0 heterocycles. The van der Waals surface area contributed by atoms with Crippen molar-refractivity contribution in [3.05, 3.63) is 59.7 Å². The molecule has 0 spiro atoms. The van der Waals surface area contributed by atoms with E-state index in [-0.39, 0.29) is 0 Å². The van der Waals surface area contributed by atoms with Gasteiger partial charge in [0, 0.05) is 12.2 Å². The molecule has 162 valence electrons. The van der Waals surface area contributed by atoms with E-state index in [0.717, 1.165) is 30.4 Å². The molecule has 0 aliphatic rings. The molecule has 0 unspecified atom stereocenters. The number of unbranched alkanes of at least 4 members (excludes halogenated alkanes) is 2. The number of nitriles is 1. The van der Waals surface area contributed by atoms with Gasteiger partial charge in [-0.25, -0.2) is 4.79 Å². The number of esters is 1. The summed E-state index contributed by atoms with van der Waals surface area (Å²) in [6.45, 7) is 2.78. The number of methoxy groups -OCH3 is 2. The first-order valence-electron chi connectivity index (χ1n) is 10.1. The number of carbonyl (C=O) groups is 1. The molecule has 0 bridgehead atoms.